The van der Waals surface area contributed by atoms with Gasteiger partial charge in [0, 0.05) is 36.2 Å². The maximum atomic E-state index is 13.2. The van der Waals surface area contributed by atoms with E-state index in [4.69, 9.17) is 10.3 Å². The molecule has 1 saturated heterocycles. The second kappa shape index (κ2) is 10.4. The molecule has 1 saturated carbocycles. The van der Waals surface area contributed by atoms with Gasteiger partial charge in [0.2, 0.25) is 10.0 Å². The highest BCUT2D eigenvalue weighted by Gasteiger charge is 2.36. The third kappa shape index (κ3) is 6.13. The molecule has 1 aromatic heterocycles. The van der Waals surface area contributed by atoms with Gasteiger partial charge in [-0.3, -0.25) is 4.79 Å². The number of hydrogen-bond donors (Lipinski definition) is 2. The summed E-state index contributed by atoms with van der Waals surface area (Å²) in [7, 11) is -3.62. The van der Waals surface area contributed by atoms with E-state index >= 15 is 0 Å². The standard InChI is InChI=1S/C22H30N4O4S.2H2S/c1-14-12-17(24-21(27)19-13-20(30-25-19)15-4-5-15)10-11-26(14)31(28,29)18-8-6-16(7-9-18)22(2,3)23;;/h6-9,13-15,17H,4-5,10-12,23H2,1-3H3,(H,24,27);2*1H2/t14-,17-;;/m0../s1. The first-order valence-corrected chi connectivity index (χ1v) is 12.2. The number of hydrogen-bond acceptors (Lipinski definition) is 6. The zero-order chi connectivity index (χ0) is 22.4. The second-order valence-electron chi connectivity index (χ2n) is 9.29. The van der Waals surface area contributed by atoms with E-state index in [-0.39, 0.29) is 55.6 Å². The molecule has 2 heterocycles. The van der Waals surface area contributed by atoms with Crippen LogP contribution in [-0.4, -0.2) is 42.4 Å². The van der Waals surface area contributed by atoms with Gasteiger partial charge in [-0.25, -0.2) is 8.42 Å². The zero-order valence-corrected chi connectivity index (χ0v) is 22.0. The largest absolute Gasteiger partial charge is 0.360 e. The van der Waals surface area contributed by atoms with E-state index in [1.165, 1.54) is 4.31 Å². The number of benzene rings is 1. The Bertz CT molecular complexity index is 1060. The summed E-state index contributed by atoms with van der Waals surface area (Å²) >= 11 is 0. The Balaban J connectivity index is 0.00000193. The van der Waals surface area contributed by atoms with E-state index in [0.29, 0.717) is 25.3 Å². The van der Waals surface area contributed by atoms with Crippen LogP contribution in [0.15, 0.2) is 39.8 Å². The number of carbonyl (C=O) groups is 1. The van der Waals surface area contributed by atoms with Crippen LogP contribution in [0.1, 0.15) is 74.2 Å². The molecule has 2 aliphatic rings. The molecular formula is C22H34N4O4S3. The van der Waals surface area contributed by atoms with E-state index in [2.05, 4.69) is 10.5 Å². The molecule has 0 unspecified atom stereocenters. The maximum Gasteiger partial charge on any atom is 0.273 e. The van der Waals surface area contributed by atoms with Crippen molar-refractivity contribution in [3.05, 3.63) is 47.3 Å². The summed E-state index contributed by atoms with van der Waals surface area (Å²) in [5.41, 5.74) is 6.72. The Morgan fingerprint density at radius 1 is 1.18 bits per heavy atom. The van der Waals surface area contributed by atoms with Crippen molar-refractivity contribution in [1.29, 1.82) is 0 Å². The fourth-order valence-corrected chi connectivity index (χ4v) is 5.70. The van der Waals surface area contributed by atoms with Gasteiger partial charge in [0.1, 0.15) is 5.76 Å². The summed E-state index contributed by atoms with van der Waals surface area (Å²) in [6, 6.07) is 8.10. The van der Waals surface area contributed by atoms with Gasteiger partial charge in [-0.05, 0) is 64.2 Å². The van der Waals surface area contributed by atoms with Crippen molar-refractivity contribution in [3.8, 4) is 0 Å². The summed E-state index contributed by atoms with van der Waals surface area (Å²) in [4.78, 5) is 12.8. The quantitative estimate of drug-likeness (QED) is 0.612. The molecule has 0 radical (unpaired) electrons. The van der Waals surface area contributed by atoms with E-state index in [1.54, 1.807) is 30.3 Å². The molecule has 1 aromatic carbocycles. The monoisotopic (exact) mass is 514 g/mol. The van der Waals surface area contributed by atoms with Gasteiger partial charge in [-0.1, -0.05) is 17.3 Å². The van der Waals surface area contributed by atoms with Crippen LogP contribution in [0, 0.1) is 0 Å². The molecule has 0 spiro atoms. The number of nitrogens with two attached hydrogens (primary N) is 1. The molecule has 2 fully saturated rings. The highest BCUT2D eigenvalue weighted by molar-refractivity contribution is 7.89. The summed E-state index contributed by atoms with van der Waals surface area (Å²) < 4.78 is 33.1. The molecule has 0 bridgehead atoms. The third-order valence-corrected chi connectivity index (χ3v) is 8.12. The van der Waals surface area contributed by atoms with Gasteiger partial charge in [-0.15, -0.1) is 0 Å². The summed E-state index contributed by atoms with van der Waals surface area (Å²) in [5, 5.41) is 6.86. The van der Waals surface area contributed by atoms with Gasteiger partial charge in [0.25, 0.3) is 5.91 Å². The summed E-state index contributed by atoms with van der Waals surface area (Å²) in [5.74, 6) is 0.889. The number of amides is 1. The molecule has 2 atom stereocenters. The van der Waals surface area contributed by atoms with Crippen LogP contribution in [0.25, 0.3) is 0 Å². The van der Waals surface area contributed by atoms with E-state index in [9.17, 15) is 13.2 Å². The SMILES string of the molecule is C[C@H]1C[C@@H](NC(=O)c2cc(C3CC3)on2)CCN1S(=O)(=O)c1ccc(C(C)(C)N)cc1.S.S. The average Bonchev–Trinajstić information content (AvgIpc) is 3.43. The lowest BCUT2D eigenvalue weighted by Crippen LogP contribution is -2.50. The van der Waals surface area contributed by atoms with Crippen molar-refractivity contribution in [2.45, 2.75) is 74.9 Å². The lowest BCUT2D eigenvalue weighted by atomic mass is 9.96. The average molecular weight is 515 g/mol. The smallest absolute Gasteiger partial charge is 0.273 e. The topological polar surface area (TPSA) is 119 Å². The molecular weight excluding hydrogens is 480 g/mol. The van der Waals surface area contributed by atoms with Crippen molar-refractivity contribution in [2.24, 2.45) is 5.73 Å². The Morgan fingerprint density at radius 2 is 1.82 bits per heavy atom. The molecule has 1 amide bonds. The van der Waals surface area contributed by atoms with Crippen LogP contribution >= 0.6 is 27.0 Å². The molecule has 1 aliphatic heterocycles. The van der Waals surface area contributed by atoms with Crippen molar-refractivity contribution in [2.75, 3.05) is 6.54 Å². The van der Waals surface area contributed by atoms with Crippen LogP contribution in [0.4, 0.5) is 0 Å². The molecule has 3 N–H and O–H groups in total. The first-order valence-electron chi connectivity index (χ1n) is 10.7. The summed E-state index contributed by atoms with van der Waals surface area (Å²) in [6.45, 7) is 5.96. The van der Waals surface area contributed by atoms with Crippen LogP contribution < -0.4 is 11.1 Å². The van der Waals surface area contributed by atoms with Gasteiger partial charge >= 0.3 is 0 Å². The first-order chi connectivity index (χ1) is 14.6. The van der Waals surface area contributed by atoms with Crippen molar-refractivity contribution < 1.29 is 17.7 Å². The molecule has 1 aliphatic carbocycles. The Labute approximate surface area is 209 Å². The van der Waals surface area contributed by atoms with Crippen molar-refractivity contribution >= 4 is 42.9 Å². The summed E-state index contributed by atoms with van der Waals surface area (Å²) in [6.07, 6.45) is 3.23. The Hall–Kier alpha value is -1.53. The van der Waals surface area contributed by atoms with Crippen LogP contribution in [-0.2, 0) is 15.6 Å². The molecule has 8 nitrogen and oxygen atoms in total. The van der Waals surface area contributed by atoms with Gasteiger partial charge in [0.15, 0.2) is 5.69 Å². The first kappa shape index (κ1) is 27.7. The Morgan fingerprint density at radius 3 is 2.36 bits per heavy atom. The van der Waals surface area contributed by atoms with Gasteiger partial charge in [-0.2, -0.15) is 31.3 Å². The van der Waals surface area contributed by atoms with Gasteiger partial charge in [0.05, 0.1) is 4.90 Å². The third-order valence-electron chi connectivity index (χ3n) is 6.10. The van der Waals surface area contributed by atoms with Crippen LogP contribution in [0.3, 0.4) is 0 Å². The molecule has 2 aromatic rings. The number of sulfonamides is 1. The molecule has 4 rings (SSSR count). The van der Waals surface area contributed by atoms with Crippen LogP contribution in [0.5, 0.6) is 0 Å². The van der Waals surface area contributed by atoms with E-state index in [0.717, 1.165) is 24.2 Å². The number of rotatable bonds is 6. The number of nitrogens with one attached hydrogen (secondary N) is 1. The lowest BCUT2D eigenvalue weighted by Gasteiger charge is -2.37. The van der Waals surface area contributed by atoms with Gasteiger partial charge < -0.3 is 15.6 Å². The Kier molecular flexibility index (Phi) is 8.72. The minimum absolute atomic E-state index is 0. The molecule has 33 heavy (non-hydrogen) atoms. The lowest BCUT2D eigenvalue weighted by molar-refractivity contribution is 0.0905. The van der Waals surface area contributed by atoms with E-state index < -0.39 is 15.6 Å². The molecule has 184 valence electrons. The second-order valence-corrected chi connectivity index (χ2v) is 11.2. The zero-order valence-electron chi connectivity index (χ0n) is 19.2. The minimum atomic E-state index is -3.62. The molecule has 11 heteroatoms. The predicted octanol–water partition coefficient (Wildman–Crippen LogP) is 2.94. The normalized spacial score (nSPS) is 21.6. The number of carbonyl (C=O) groups excluding carboxylic acids is 1. The fraction of sp³-hybridized carbons (Fsp3) is 0.545. The highest BCUT2D eigenvalue weighted by Crippen LogP contribution is 2.40. The maximum absolute atomic E-state index is 13.2. The van der Waals surface area contributed by atoms with E-state index in [1.807, 2.05) is 20.8 Å². The van der Waals surface area contributed by atoms with Crippen molar-refractivity contribution in [1.82, 2.24) is 14.8 Å². The number of nitrogens with zero attached hydrogens (tertiary/aromatic N) is 2. The van der Waals surface area contributed by atoms with Crippen molar-refractivity contribution in [3.63, 3.8) is 0 Å². The number of aromatic nitrogens is 1. The minimum Gasteiger partial charge on any atom is -0.360 e. The predicted molar refractivity (Wildman–Crippen MR) is 137 cm³/mol. The fourth-order valence-electron chi connectivity index (χ4n) is 4.05. The highest BCUT2D eigenvalue weighted by atomic mass is 32.2. The van der Waals surface area contributed by atoms with Crippen LogP contribution in [0.2, 0.25) is 0 Å². The number of piperidine rings is 1.